The number of piperidine rings is 1. The molecule has 6 rings (SSSR count). The molecular formula is C30H29FN8O2. The SMILES string of the molecule is COc1ccc(/C=N/[C@H]2CCN(Cc3ccn4nc(-c5ccccn5)nc(Nc5ccncc5F)c34)C[C@@H]2O)cc1. The second kappa shape index (κ2) is 11.8. The molecule has 0 spiro atoms. The largest absolute Gasteiger partial charge is 0.497 e. The fourth-order valence-corrected chi connectivity index (χ4v) is 4.93. The van der Waals surface area contributed by atoms with Gasteiger partial charge >= 0.3 is 0 Å². The van der Waals surface area contributed by atoms with Crippen LogP contribution in [-0.2, 0) is 6.54 Å². The number of nitrogens with zero attached hydrogens (tertiary/aromatic N) is 7. The van der Waals surface area contributed by atoms with Crippen LogP contribution in [-0.4, -0.2) is 73.1 Å². The van der Waals surface area contributed by atoms with E-state index in [1.807, 2.05) is 54.7 Å². The molecular weight excluding hydrogens is 523 g/mol. The first kappa shape index (κ1) is 26.5. The van der Waals surface area contributed by atoms with E-state index in [0.29, 0.717) is 36.8 Å². The molecule has 0 radical (unpaired) electrons. The van der Waals surface area contributed by atoms with Gasteiger partial charge in [-0.05, 0) is 66.1 Å². The maximum absolute atomic E-state index is 14.5. The highest BCUT2D eigenvalue weighted by Gasteiger charge is 2.28. The van der Waals surface area contributed by atoms with Crippen molar-refractivity contribution in [3.8, 4) is 17.3 Å². The van der Waals surface area contributed by atoms with Crippen LogP contribution in [0, 0.1) is 5.82 Å². The lowest BCUT2D eigenvalue weighted by Crippen LogP contribution is -2.45. The van der Waals surface area contributed by atoms with Crippen molar-refractivity contribution in [3.63, 3.8) is 0 Å². The van der Waals surface area contributed by atoms with E-state index in [1.54, 1.807) is 30.1 Å². The average Bonchev–Trinajstić information content (AvgIpc) is 3.41. The van der Waals surface area contributed by atoms with Crippen LogP contribution >= 0.6 is 0 Å². The summed E-state index contributed by atoms with van der Waals surface area (Å²) in [6.45, 7) is 1.78. The Morgan fingerprint density at radius 1 is 1.15 bits per heavy atom. The standard InChI is InChI=1S/C30H29FN8O2/c1-41-22-7-5-20(6-8-22)16-34-25-11-14-38(19-27(25)40)18-21-10-15-39-28(21)30(35-24-9-13-32-17-23(24)31)36-29(37-39)26-4-2-3-12-33-26/h2-10,12-13,15-17,25,27,40H,11,14,18-19H2,1H3,(H,32,35,36,37)/b34-16+/t25-,27-/m0/s1. The molecule has 0 aliphatic carbocycles. The Hall–Kier alpha value is -4.74. The quantitative estimate of drug-likeness (QED) is 0.276. The van der Waals surface area contributed by atoms with Gasteiger partial charge in [-0.3, -0.25) is 19.9 Å². The molecule has 5 heterocycles. The van der Waals surface area contributed by atoms with Crippen molar-refractivity contribution in [1.29, 1.82) is 0 Å². The van der Waals surface area contributed by atoms with Crippen LogP contribution in [0.4, 0.5) is 15.9 Å². The molecule has 208 valence electrons. The predicted octanol–water partition coefficient (Wildman–Crippen LogP) is 4.13. The Morgan fingerprint density at radius 3 is 2.78 bits per heavy atom. The third-order valence-corrected chi connectivity index (χ3v) is 7.07. The predicted molar refractivity (Wildman–Crippen MR) is 154 cm³/mol. The van der Waals surface area contributed by atoms with Gasteiger partial charge in [-0.1, -0.05) is 6.07 Å². The Balaban J connectivity index is 1.23. The fraction of sp³-hybridized carbons (Fsp3) is 0.233. The number of anilines is 2. The summed E-state index contributed by atoms with van der Waals surface area (Å²) in [6.07, 6.45) is 8.12. The molecule has 1 aliphatic heterocycles. The number of halogens is 1. The second-order valence-electron chi connectivity index (χ2n) is 9.82. The number of aliphatic imine (C=N–C) groups is 1. The monoisotopic (exact) mass is 552 g/mol. The molecule has 0 saturated carbocycles. The smallest absolute Gasteiger partial charge is 0.200 e. The van der Waals surface area contributed by atoms with Crippen molar-refractivity contribution in [2.75, 3.05) is 25.5 Å². The van der Waals surface area contributed by atoms with Crippen LogP contribution in [0.15, 0.2) is 84.4 Å². The number of nitrogens with one attached hydrogen (secondary N) is 1. The van der Waals surface area contributed by atoms with E-state index in [4.69, 9.17) is 9.72 Å². The van der Waals surface area contributed by atoms with Gasteiger partial charge in [0.1, 0.15) is 17.0 Å². The summed E-state index contributed by atoms with van der Waals surface area (Å²) in [4.78, 5) is 19.8. The first-order valence-corrected chi connectivity index (χ1v) is 13.3. The molecule has 5 aromatic rings. The van der Waals surface area contributed by atoms with Gasteiger partial charge in [0, 0.05) is 44.4 Å². The van der Waals surface area contributed by atoms with E-state index in [9.17, 15) is 9.50 Å². The normalized spacial score (nSPS) is 17.7. The minimum Gasteiger partial charge on any atom is -0.497 e. The van der Waals surface area contributed by atoms with E-state index in [1.165, 1.54) is 6.20 Å². The summed E-state index contributed by atoms with van der Waals surface area (Å²) in [7, 11) is 1.63. The van der Waals surface area contributed by atoms with Gasteiger partial charge < -0.3 is 15.2 Å². The molecule has 0 unspecified atom stereocenters. The second-order valence-corrected chi connectivity index (χ2v) is 9.82. The number of fused-ring (bicyclic) bond motifs is 1. The first-order chi connectivity index (χ1) is 20.1. The maximum Gasteiger partial charge on any atom is 0.200 e. The lowest BCUT2D eigenvalue weighted by atomic mass is 10.0. The molecule has 2 atom stereocenters. The number of ether oxygens (including phenoxy) is 1. The Morgan fingerprint density at radius 2 is 2.02 bits per heavy atom. The third-order valence-electron chi connectivity index (χ3n) is 7.07. The summed E-state index contributed by atoms with van der Waals surface area (Å²) in [5.41, 5.74) is 3.47. The number of aromatic nitrogens is 5. The number of hydrogen-bond donors (Lipinski definition) is 2. The highest BCUT2D eigenvalue weighted by atomic mass is 19.1. The molecule has 1 fully saturated rings. The minimum atomic E-state index is -0.609. The van der Waals surface area contributed by atoms with Gasteiger partial charge in [0.25, 0.3) is 0 Å². The van der Waals surface area contributed by atoms with E-state index in [2.05, 4.69) is 30.3 Å². The maximum atomic E-state index is 14.5. The zero-order valence-electron chi connectivity index (χ0n) is 22.4. The number of benzene rings is 1. The van der Waals surface area contributed by atoms with E-state index >= 15 is 0 Å². The number of β-amino-alcohol motifs (C(OH)–C–C–N with tert-alkyl or cyclic N) is 1. The van der Waals surface area contributed by atoms with Gasteiger partial charge in [0.05, 0.1) is 31.1 Å². The number of aliphatic hydroxyl groups is 1. The molecule has 1 aromatic carbocycles. The molecule has 0 amide bonds. The van der Waals surface area contributed by atoms with Crippen molar-refractivity contribution >= 4 is 23.2 Å². The molecule has 10 nitrogen and oxygen atoms in total. The molecule has 0 bridgehead atoms. The van der Waals surface area contributed by atoms with Crippen LogP contribution in [0.3, 0.4) is 0 Å². The van der Waals surface area contributed by atoms with E-state index < -0.39 is 11.9 Å². The highest BCUT2D eigenvalue weighted by Crippen LogP contribution is 2.28. The van der Waals surface area contributed by atoms with Crippen molar-refractivity contribution in [3.05, 3.63) is 96.3 Å². The molecule has 4 aromatic heterocycles. The van der Waals surface area contributed by atoms with E-state index in [-0.39, 0.29) is 11.7 Å². The van der Waals surface area contributed by atoms with Gasteiger partial charge in [0.2, 0.25) is 5.82 Å². The van der Waals surface area contributed by atoms with Gasteiger partial charge in [-0.15, -0.1) is 5.10 Å². The highest BCUT2D eigenvalue weighted by molar-refractivity contribution is 5.80. The summed E-state index contributed by atoms with van der Waals surface area (Å²) < 4.78 is 21.5. The Bertz CT molecular complexity index is 1660. The van der Waals surface area contributed by atoms with Crippen molar-refractivity contribution in [2.45, 2.75) is 25.1 Å². The van der Waals surface area contributed by atoms with Crippen molar-refractivity contribution in [2.24, 2.45) is 4.99 Å². The van der Waals surface area contributed by atoms with Gasteiger partial charge in [0.15, 0.2) is 11.6 Å². The molecule has 1 saturated heterocycles. The van der Waals surface area contributed by atoms with Crippen LogP contribution in [0.25, 0.3) is 17.0 Å². The minimum absolute atomic E-state index is 0.185. The van der Waals surface area contributed by atoms with Crippen molar-refractivity contribution in [1.82, 2.24) is 29.5 Å². The van der Waals surface area contributed by atoms with Gasteiger partial charge in [-0.2, -0.15) is 0 Å². The summed E-state index contributed by atoms with van der Waals surface area (Å²) in [6, 6.07) is 16.5. The number of aliphatic hydroxyl groups excluding tert-OH is 1. The average molecular weight is 553 g/mol. The van der Waals surface area contributed by atoms with Crippen LogP contribution in [0.2, 0.25) is 0 Å². The van der Waals surface area contributed by atoms with Crippen LogP contribution < -0.4 is 10.1 Å². The lowest BCUT2D eigenvalue weighted by molar-refractivity contribution is 0.0511. The zero-order valence-corrected chi connectivity index (χ0v) is 22.4. The fourth-order valence-electron chi connectivity index (χ4n) is 4.93. The number of methoxy groups -OCH3 is 1. The van der Waals surface area contributed by atoms with Crippen molar-refractivity contribution < 1.29 is 14.2 Å². The summed E-state index contributed by atoms with van der Waals surface area (Å²) >= 11 is 0. The summed E-state index contributed by atoms with van der Waals surface area (Å²) in [5.74, 6) is 1.15. The number of pyridine rings is 2. The topological polar surface area (TPSA) is 113 Å². The van der Waals surface area contributed by atoms with E-state index in [0.717, 1.165) is 35.1 Å². The Labute approximate surface area is 236 Å². The molecule has 11 heteroatoms. The zero-order chi connectivity index (χ0) is 28.2. The van der Waals surface area contributed by atoms with Gasteiger partial charge in [-0.25, -0.2) is 13.9 Å². The lowest BCUT2D eigenvalue weighted by Gasteiger charge is -2.34. The first-order valence-electron chi connectivity index (χ1n) is 13.3. The van der Waals surface area contributed by atoms with Crippen LogP contribution in [0.1, 0.15) is 17.5 Å². The number of rotatable bonds is 8. The number of hydrogen-bond acceptors (Lipinski definition) is 9. The summed E-state index contributed by atoms with van der Waals surface area (Å²) in [5, 5.41) is 18.7. The molecule has 41 heavy (non-hydrogen) atoms. The molecule has 1 aliphatic rings. The number of likely N-dealkylation sites (tertiary alicyclic amines) is 1. The van der Waals surface area contributed by atoms with Crippen LogP contribution in [0.5, 0.6) is 5.75 Å². The Kier molecular flexibility index (Phi) is 7.61. The third kappa shape index (κ3) is 5.91. The molecule has 2 N–H and O–H groups in total.